The number of hydrogen-bond acceptors (Lipinski definition) is 2. The lowest BCUT2D eigenvalue weighted by Gasteiger charge is -1.89. The zero-order valence-electron chi connectivity index (χ0n) is 7.00. The highest BCUT2D eigenvalue weighted by molar-refractivity contribution is 14.2. The number of alkyl halides is 1. The van der Waals surface area contributed by atoms with Crippen LogP contribution >= 0.6 is 20.7 Å². The maximum absolute atomic E-state index is 8.67. The third-order valence-corrected chi connectivity index (χ3v) is 2.25. The maximum atomic E-state index is 8.67. The minimum absolute atomic E-state index is 0.0424. The van der Waals surface area contributed by atoms with Crippen molar-refractivity contribution in [2.45, 2.75) is 6.92 Å². The van der Waals surface area contributed by atoms with Gasteiger partial charge in [0.05, 0.1) is 11.1 Å². The molecule has 0 heterocycles. The Morgan fingerprint density at radius 3 is 2.17 bits per heavy atom. The smallest absolute Gasteiger partial charge is 0.101 e. The molecule has 3 heteroatoms. The minimum atomic E-state index is 0.0424. The monoisotopic (exact) mass is 272 g/mol. The molecule has 0 spiro atoms. The summed E-state index contributed by atoms with van der Waals surface area (Å²) in [4.78, 5) is 2.09. The minimum Gasteiger partial charge on any atom is -0.192 e. The van der Waals surface area contributed by atoms with E-state index in [0.29, 0.717) is 11.1 Å². The molecule has 0 rings (SSSR count). The highest BCUT2D eigenvalue weighted by Gasteiger charge is 1.99. The Morgan fingerprint density at radius 1 is 1.25 bits per heavy atom. The largest absolute Gasteiger partial charge is 0.192 e. The SMILES string of the molecule is C/C=C(C#N)\C(C#N)=C/C=IC. The molecule has 0 N–H and O–H groups in total. The van der Waals surface area contributed by atoms with E-state index in [1.165, 1.54) is 0 Å². The van der Waals surface area contributed by atoms with E-state index in [4.69, 9.17) is 10.5 Å². The van der Waals surface area contributed by atoms with Gasteiger partial charge in [-0.2, -0.15) is 10.5 Å². The third-order valence-electron chi connectivity index (χ3n) is 1.18. The van der Waals surface area contributed by atoms with Crippen molar-refractivity contribution in [3.63, 3.8) is 0 Å². The second kappa shape index (κ2) is 6.75. The molecule has 0 aliphatic heterocycles. The fourth-order valence-corrected chi connectivity index (χ4v) is 1.31. The molecule has 0 amide bonds. The standard InChI is InChI=1S/C9H9IN2/c1-3-8(6-11)9(7-12)4-5-10-2/h3-5H,1-2H3/b8-3-,9-4-. The van der Waals surface area contributed by atoms with E-state index in [2.05, 4.69) is 4.93 Å². The van der Waals surface area contributed by atoms with Gasteiger partial charge in [-0.3, -0.25) is 0 Å². The lowest BCUT2D eigenvalue weighted by molar-refractivity contribution is 1.42. The fourth-order valence-electron chi connectivity index (χ4n) is 0.594. The Bertz CT molecular complexity index is 310. The highest BCUT2D eigenvalue weighted by atomic mass is 127. The molecular formula is C9H9IN2. The Balaban J connectivity index is 4.85. The first-order valence-electron chi connectivity index (χ1n) is 3.28. The van der Waals surface area contributed by atoms with Crippen LogP contribution in [0.2, 0.25) is 0 Å². The van der Waals surface area contributed by atoms with Crippen LogP contribution in [0, 0.1) is 22.7 Å². The van der Waals surface area contributed by atoms with Gasteiger partial charge in [-0.25, -0.2) is 0 Å². The Morgan fingerprint density at radius 2 is 1.83 bits per heavy atom. The summed E-state index contributed by atoms with van der Waals surface area (Å²) in [5, 5.41) is 17.3. The van der Waals surface area contributed by atoms with Crippen LogP contribution in [-0.4, -0.2) is 8.94 Å². The Hall–Kier alpha value is -0.940. The van der Waals surface area contributed by atoms with E-state index in [1.54, 1.807) is 19.1 Å². The quantitative estimate of drug-likeness (QED) is 0.335. The highest BCUT2D eigenvalue weighted by Crippen LogP contribution is 2.06. The molecular weight excluding hydrogens is 263 g/mol. The van der Waals surface area contributed by atoms with Gasteiger partial charge in [-0.15, -0.1) is 20.7 Å². The lowest BCUT2D eigenvalue weighted by Crippen LogP contribution is -1.83. The fraction of sp³-hybridized carbons (Fsp3) is 0.222. The summed E-state index contributed by atoms with van der Waals surface area (Å²) in [6, 6.07) is 3.97. The molecule has 0 aromatic rings. The van der Waals surface area contributed by atoms with E-state index in [0.717, 1.165) is 0 Å². The zero-order valence-corrected chi connectivity index (χ0v) is 9.16. The predicted octanol–water partition coefficient (Wildman–Crippen LogP) is 2.31. The predicted molar refractivity (Wildman–Crippen MR) is 59.1 cm³/mol. The van der Waals surface area contributed by atoms with Crippen LogP contribution in [0.5, 0.6) is 0 Å². The summed E-state index contributed by atoms with van der Waals surface area (Å²) in [6.45, 7) is 1.75. The van der Waals surface area contributed by atoms with E-state index >= 15 is 0 Å². The number of hydrogen-bond donors (Lipinski definition) is 0. The molecule has 0 saturated heterocycles. The van der Waals surface area contributed by atoms with Crippen LogP contribution in [-0.2, 0) is 0 Å². The van der Waals surface area contributed by atoms with Crippen molar-refractivity contribution in [2.24, 2.45) is 0 Å². The summed E-state index contributed by atoms with van der Waals surface area (Å²) in [5.41, 5.74) is 0.910. The van der Waals surface area contributed by atoms with Crippen LogP contribution in [0.3, 0.4) is 0 Å². The van der Waals surface area contributed by atoms with Crippen molar-refractivity contribution in [2.75, 3.05) is 4.93 Å². The van der Waals surface area contributed by atoms with E-state index < -0.39 is 0 Å². The molecule has 0 fully saturated rings. The normalized spacial score (nSPS) is 13.3. The van der Waals surface area contributed by atoms with Gasteiger partial charge in [0, 0.05) is 0 Å². The maximum Gasteiger partial charge on any atom is 0.101 e. The van der Waals surface area contributed by atoms with Gasteiger partial charge < -0.3 is 0 Å². The van der Waals surface area contributed by atoms with Crippen molar-refractivity contribution in [3.05, 3.63) is 23.3 Å². The first-order valence-corrected chi connectivity index (χ1v) is 6.68. The average molecular weight is 272 g/mol. The molecule has 12 heavy (non-hydrogen) atoms. The Labute approximate surface area is 82.6 Å². The second-order valence-electron chi connectivity index (χ2n) is 1.85. The van der Waals surface area contributed by atoms with Gasteiger partial charge in [-0.05, 0) is 21.9 Å². The van der Waals surface area contributed by atoms with Crippen LogP contribution < -0.4 is 0 Å². The molecule has 0 bridgehead atoms. The van der Waals surface area contributed by atoms with Crippen LogP contribution in [0.1, 0.15) is 6.92 Å². The molecule has 0 saturated carbocycles. The number of nitrogens with zero attached hydrogens (tertiary/aromatic N) is 2. The molecule has 0 aliphatic rings. The molecule has 62 valence electrons. The molecule has 0 aromatic carbocycles. The topological polar surface area (TPSA) is 47.6 Å². The molecule has 0 atom stereocenters. The third kappa shape index (κ3) is 3.45. The molecule has 0 radical (unpaired) electrons. The first kappa shape index (κ1) is 11.1. The lowest BCUT2D eigenvalue weighted by atomic mass is 10.1. The number of nitriles is 2. The van der Waals surface area contributed by atoms with E-state index in [9.17, 15) is 0 Å². The van der Waals surface area contributed by atoms with Gasteiger partial charge in [0.25, 0.3) is 0 Å². The summed E-state index contributed by atoms with van der Waals surface area (Å²) in [6.07, 6.45) is 3.38. The van der Waals surface area contributed by atoms with Crippen LogP contribution in [0.25, 0.3) is 0 Å². The second-order valence-corrected chi connectivity index (χ2v) is 3.82. The van der Waals surface area contributed by atoms with Crippen molar-refractivity contribution >= 4 is 24.7 Å². The Kier molecular flexibility index (Phi) is 6.22. The van der Waals surface area contributed by atoms with Gasteiger partial charge in [0.1, 0.15) is 12.1 Å². The van der Waals surface area contributed by atoms with Crippen molar-refractivity contribution in [1.82, 2.24) is 0 Å². The van der Waals surface area contributed by atoms with Crippen LogP contribution in [0.15, 0.2) is 23.3 Å². The van der Waals surface area contributed by atoms with Gasteiger partial charge >= 0.3 is 0 Å². The first-order chi connectivity index (χ1) is 5.79. The summed E-state index contributed by atoms with van der Waals surface area (Å²) < 4.78 is 1.97. The summed E-state index contributed by atoms with van der Waals surface area (Å²) in [7, 11) is 0. The van der Waals surface area contributed by atoms with Crippen molar-refractivity contribution in [3.8, 4) is 12.1 Å². The summed E-state index contributed by atoms with van der Waals surface area (Å²) >= 11 is 0.0424. The van der Waals surface area contributed by atoms with Crippen LogP contribution in [0.4, 0.5) is 0 Å². The number of allylic oxidation sites excluding steroid dienone is 4. The van der Waals surface area contributed by atoms with Crippen molar-refractivity contribution < 1.29 is 0 Å². The van der Waals surface area contributed by atoms with Gasteiger partial charge in [0.2, 0.25) is 0 Å². The number of halogens is 1. The van der Waals surface area contributed by atoms with E-state index in [1.807, 2.05) is 16.2 Å². The molecule has 0 aliphatic carbocycles. The molecule has 0 unspecified atom stereocenters. The molecule has 2 nitrogen and oxygen atoms in total. The van der Waals surface area contributed by atoms with Gasteiger partial charge in [-0.1, -0.05) is 6.08 Å². The summed E-state index contributed by atoms with van der Waals surface area (Å²) in [5.74, 6) is 0. The number of rotatable bonds is 2. The average Bonchev–Trinajstić information content (AvgIpc) is 2.12. The zero-order chi connectivity index (χ0) is 9.40. The molecule has 0 aromatic heterocycles. The van der Waals surface area contributed by atoms with Crippen molar-refractivity contribution in [1.29, 1.82) is 10.5 Å². The van der Waals surface area contributed by atoms with Gasteiger partial charge in [0.15, 0.2) is 0 Å². The van der Waals surface area contributed by atoms with E-state index in [-0.39, 0.29) is 20.7 Å².